The maximum absolute atomic E-state index is 13.5. The molecule has 21 heavy (non-hydrogen) atoms. The maximum Gasteiger partial charge on any atom is 0.240 e. The van der Waals surface area contributed by atoms with Crippen LogP contribution in [0.5, 0.6) is 0 Å². The standard InChI is InChI=1S/C14H14F2N2O2S/c1-9-6-12(4-5-14(9)17)21(19,20)18-8-10-2-3-11(15)7-13(10)16/h2-7,18H,8,17H2,1H3. The monoisotopic (exact) mass is 312 g/mol. The van der Waals surface area contributed by atoms with Gasteiger partial charge in [-0.15, -0.1) is 0 Å². The number of aryl methyl sites for hydroxylation is 1. The van der Waals surface area contributed by atoms with Crippen molar-refractivity contribution in [2.24, 2.45) is 0 Å². The van der Waals surface area contributed by atoms with Crippen LogP contribution in [0.15, 0.2) is 41.3 Å². The van der Waals surface area contributed by atoms with Crippen LogP contribution in [0, 0.1) is 18.6 Å². The Morgan fingerprint density at radius 1 is 1.14 bits per heavy atom. The molecule has 0 fully saturated rings. The molecule has 2 aromatic carbocycles. The van der Waals surface area contributed by atoms with E-state index in [1.54, 1.807) is 6.92 Å². The lowest BCUT2D eigenvalue weighted by Gasteiger charge is -2.09. The summed E-state index contributed by atoms with van der Waals surface area (Å²) >= 11 is 0. The third kappa shape index (κ3) is 3.56. The molecule has 4 nitrogen and oxygen atoms in total. The van der Waals surface area contributed by atoms with Crippen LogP contribution in [-0.2, 0) is 16.6 Å². The zero-order chi connectivity index (χ0) is 15.6. The van der Waals surface area contributed by atoms with E-state index in [2.05, 4.69) is 4.72 Å². The SMILES string of the molecule is Cc1cc(S(=O)(=O)NCc2ccc(F)cc2F)ccc1N. The molecular weight excluding hydrogens is 298 g/mol. The van der Waals surface area contributed by atoms with Crippen LogP contribution in [0.4, 0.5) is 14.5 Å². The van der Waals surface area contributed by atoms with E-state index < -0.39 is 21.7 Å². The van der Waals surface area contributed by atoms with Crippen LogP contribution < -0.4 is 10.5 Å². The topological polar surface area (TPSA) is 72.2 Å². The number of anilines is 1. The van der Waals surface area contributed by atoms with Gasteiger partial charge in [0.15, 0.2) is 0 Å². The van der Waals surface area contributed by atoms with Gasteiger partial charge in [-0.3, -0.25) is 0 Å². The molecule has 7 heteroatoms. The van der Waals surface area contributed by atoms with Gasteiger partial charge in [-0.25, -0.2) is 21.9 Å². The van der Waals surface area contributed by atoms with Gasteiger partial charge in [-0.2, -0.15) is 0 Å². The van der Waals surface area contributed by atoms with Crippen molar-refractivity contribution >= 4 is 15.7 Å². The summed E-state index contributed by atoms with van der Waals surface area (Å²) in [7, 11) is -3.79. The summed E-state index contributed by atoms with van der Waals surface area (Å²) in [6.07, 6.45) is 0. The van der Waals surface area contributed by atoms with E-state index in [1.807, 2.05) is 0 Å². The van der Waals surface area contributed by atoms with Crippen molar-refractivity contribution in [3.63, 3.8) is 0 Å². The molecule has 3 N–H and O–H groups in total. The molecule has 0 aromatic heterocycles. The molecule has 2 aromatic rings. The van der Waals surface area contributed by atoms with Crippen molar-refractivity contribution < 1.29 is 17.2 Å². The Morgan fingerprint density at radius 2 is 1.86 bits per heavy atom. The molecule has 0 amide bonds. The average Bonchev–Trinajstić information content (AvgIpc) is 2.40. The number of benzene rings is 2. The second-order valence-electron chi connectivity index (χ2n) is 4.58. The lowest BCUT2D eigenvalue weighted by molar-refractivity contribution is 0.562. The van der Waals surface area contributed by atoms with Crippen molar-refractivity contribution in [2.75, 3.05) is 5.73 Å². The van der Waals surface area contributed by atoms with Crippen molar-refractivity contribution in [1.82, 2.24) is 4.72 Å². The van der Waals surface area contributed by atoms with E-state index in [0.29, 0.717) is 17.3 Å². The Morgan fingerprint density at radius 3 is 2.48 bits per heavy atom. The first-order valence-corrected chi connectivity index (χ1v) is 7.57. The van der Waals surface area contributed by atoms with Crippen molar-refractivity contribution in [3.05, 3.63) is 59.2 Å². The van der Waals surface area contributed by atoms with Crippen LogP contribution in [0.1, 0.15) is 11.1 Å². The molecule has 0 aliphatic heterocycles. The molecule has 112 valence electrons. The number of nitrogens with two attached hydrogens (primary N) is 1. The van der Waals surface area contributed by atoms with Gasteiger partial charge in [0.05, 0.1) is 4.90 Å². The molecule has 0 saturated carbocycles. The van der Waals surface area contributed by atoms with Crippen LogP contribution >= 0.6 is 0 Å². The van der Waals surface area contributed by atoms with Crippen LogP contribution in [0.25, 0.3) is 0 Å². The van der Waals surface area contributed by atoms with Gasteiger partial charge in [0, 0.05) is 23.9 Å². The van der Waals surface area contributed by atoms with Gasteiger partial charge >= 0.3 is 0 Å². The number of rotatable bonds is 4. The van der Waals surface area contributed by atoms with Crippen molar-refractivity contribution in [2.45, 2.75) is 18.4 Å². The van der Waals surface area contributed by atoms with Gasteiger partial charge in [-0.05, 0) is 36.8 Å². The minimum absolute atomic E-state index is 0.0386. The summed E-state index contributed by atoms with van der Waals surface area (Å²) in [5.74, 6) is -1.51. The minimum atomic E-state index is -3.79. The summed E-state index contributed by atoms with van der Waals surface area (Å²) in [4.78, 5) is 0.0386. The Hall–Kier alpha value is -1.99. The summed E-state index contributed by atoms with van der Waals surface area (Å²) in [6, 6.07) is 7.26. The average molecular weight is 312 g/mol. The Kier molecular flexibility index (Phi) is 4.24. The third-order valence-corrected chi connectivity index (χ3v) is 4.42. The van der Waals surface area contributed by atoms with E-state index in [0.717, 1.165) is 6.07 Å². The predicted molar refractivity (Wildman–Crippen MR) is 76.0 cm³/mol. The Labute approximate surface area is 121 Å². The molecule has 0 aliphatic carbocycles. The molecule has 0 atom stereocenters. The smallest absolute Gasteiger partial charge is 0.240 e. The molecule has 2 rings (SSSR count). The van der Waals surface area contributed by atoms with E-state index in [9.17, 15) is 17.2 Å². The fourth-order valence-corrected chi connectivity index (χ4v) is 2.83. The number of hydrogen-bond acceptors (Lipinski definition) is 3. The Bertz CT molecular complexity index is 777. The largest absolute Gasteiger partial charge is 0.399 e. The number of nitrogens with one attached hydrogen (secondary N) is 1. The van der Waals surface area contributed by atoms with E-state index >= 15 is 0 Å². The summed E-state index contributed by atoms with van der Waals surface area (Å²) < 4.78 is 52.7. The molecule has 0 unspecified atom stereocenters. The summed E-state index contributed by atoms with van der Waals surface area (Å²) in [5.41, 5.74) is 6.81. The normalized spacial score (nSPS) is 11.6. The zero-order valence-electron chi connectivity index (χ0n) is 11.2. The van der Waals surface area contributed by atoms with Gasteiger partial charge in [-0.1, -0.05) is 6.07 Å². The maximum atomic E-state index is 13.5. The lowest BCUT2D eigenvalue weighted by Crippen LogP contribution is -2.24. The highest BCUT2D eigenvalue weighted by Crippen LogP contribution is 2.17. The van der Waals surface area contributed by atoms with Crippen molar-refractivity contribution in [3.8, 4) is 0 Å². The molecule has 0 bridgehead atoms. The van der Waals surface area contributed by atoms with Gasteiger partial charge in [0.25, 0.3) is 0 Å². The van der Waals surface area contributed by atoms with E-state index in [1.165, 1.54) is 24.3 Å². The van der Waals surface area contributed by atoms with Crippen LogP contribution in [0.2, 0.25) is 0 Å². The fraction of sp³-hybridized carbons (Fsp3) is 0.143. The van der Waals surface area contributed by atoms with Gasteiger partial charge in [0.2, 0.25) is 10.0 Å². The fourth-order valence-electron chi connectivity index (χ4n) is 1.74. The number of halogens is 2. The quantitative estimate of drug-likeness (QED) is 0.851. The number of sulfonamides is 1. The zero-order valence-corrected chi connectivity index (χ0v) is 12.0. The molecular formula is C14H14F2N2O2S. The first kappa shape index (κ1) is 15.4. The highest BCUT2D eigenvalue weighted by Gasteiger charge is 2.15. The highest BCUT2D eigenvalue weighted by atomic mass is 32.2. The Balaban J connectivity index is 2.19. The van der Waals surface area contributed by atoms with E-state index in [-0.39, 0.29) is 17.0 Å². The highest BCUT2D eigenvalue weighted by molar-refractivity contribution is 7.89. The number of nitrogen functional groups attached to an aromatic ring is 1. The first-order chi connectivity index (χ1) is 9.79. The molecule has 0 spiro atoms. The molecule has 0 heterocycles. The van der Waals surface area contributed by atoms with Crippen LogP contribution in [-0.4, -0.2) is 8.42 Å². The molecule has 0 radical (unpaired) electrons. The first-order valence-electron chi connectivity index (χ1n) is 6.09. The third-order valence-electron chi connectivity index (χ3n) is 3.02. The molecule has 0 saturated heterocycles. The minimum Gasteiger partial charge on any atom is -0.399 e. The van der Waals surface area contributed by atoms with Gasteiger partial charge in [0.1, 0.15) is 11.6 Å². The lowest BCUT2D eigenvalue weighted by atomic mass is 10.2. The second kappa shape index (κ2) is 5.79. The summed E-state index contributed by atoms with van der Waals surface area (Å²) in [5, 5.41) is 0. The van der Waals surface area contributed by atoms with Crippen LogP contribution in [0.3, 0.4) is 0 Å². The van der Waals surface area contributed by atoms with Crippen molar-refractivity contribution in [1.29, 1.82) is 0 Å². The number of hydrogen-bond donors (Lipinski definition) is 2. The molecule has 0 aliphatic rings. The van der Waals surface area contributed by atoms with E-state index in [4.69, 9.17) is 5.73 Å². The predicted octanol–water partition coefficient (Wildman–Crippen LogP) is 2.33. The van der Waals surface area contributed by atoms with Gasteiger partial charge < -0.3 is 5.73 Å². The summed E-state index contributed by atoms with van der Waals surface area (Å²) in [6.45, 7) is 1.42. The second-order valence-corrected chi connectivity index (χ2v) is 6.35.